The monoisotopic (exact) mass is 456 g/mol. The van der Waals surface area contributed by atoms with Gasteiger partial charge < -0.3 is 15.2 Å². The molecular weight excluding hydrogens is 437 g/mol. The molecule has 0 amide bonds. The van der Waals surface area contributed by atoms with E-state index in [2.05, 4.69) is 20.1 Å². The molecule has 3 heterocycles. The normalized spacial score (nSPS) is 18.3. The third-order valence-electron chi connectivity index (χ3n) is 5.49. The van der Waals surface area contributed by atoms with Crippen molar-refractivity contribution in [3.8, 4) is 11.8 Å². The molecule has 0 bridgehead atoms. The Labute approximate surface area is 186 Å². The van der Waals surface area contributed by atoms with Crippen molar-refractivity contribution in [1.29, 1.82) is 0 Å². The fourth-order valence-corrected chi connectivity index (χ4v) is 3.69. The summed E-state index contributed by atoms with van der Waals surface area (Å²) in [5.41, 5.74) is 6.67. The topological polar surface area (TPSA) is 101 Å². The molecule has 0 atom stereocenters. The molecule has 11 heteroatoms. The number of ether oxygens (including phenoxy) is 2. The van der Waals surface area contributed by atoms with E-state index < -0.39 is 11.7 Å². The van der Waals surface area contributed by atoms with E-state index in [1.165, 1.54) is 6.33 Å². The number of nitrogens with zero attached hydrogens (tertiary/aromatic N) is 5. The Kier molecular flexibility index (Phi) is 5.33. The predicted molar refractivity (Wildman–Crippen MR) is 112 cm³/mol. The molecule has 1 saturated carbocycles. The van der Waals surface area contributed by atoms with Crippen molar-refractivity contribution >= 4 is 16.9 Å². The molecule has 1 aliphatic carbocycles. The number of fused-ring (bicyclic) bond motifs is 1. The molecule has 0 aliphatic heterocycles. The number of anilines is 1. The van der Waals surface area contributed by atoms with Crippen molar-refractivity contribution in [2.75, 3.05) is 5.73 Å². The van der Waals surface area contributed by atoms with E-state index in [1.54, 1.807) is 4.68 Å². The lowest BCUT2D eigenvalue weighted by molar-refractivity contribution is -0.137. The Hall–Kier alpha value is -3.73. The van der Waals surface area contributed by atoms with E-state index in [0.29, 0.717) is 30.5 Å². The maximum absolute atomic E-state index is 13.0. The van der Waals surface area contributed by atoms with Gasteiger partial charge in [0.1, 0.15) is 17.5 Å². The van der Waals surface area contributed by atoms with E-state index in [-0.39, 0.29) is 29.7 Å². The average molecular weight is 456 g/mol. The van der Waals surface area contributed by atoms with Gasteiger partial charge in [-0.05, 0) is 24.5 Å². The summed E-state index contributed by atoms with van der Waals surface area (Å²) in [6.07, 6.45) is -0.722. The van der Waals surface area contributed by atoms with Crippen LogP contribution in [0, 0.1) is 0 Å². The Morgan fingerprint density at radius 2 is 1.85 bits per heavy atom. The Morgan fingerprint density at radius 3 is 2.61 bits per heavy atom. The minimum Gasteiger partial charge on any atom is -0.418 e. The molecule has 0 radical (unpaired) electrons. The highest BCUT2D eigenvalue weighted by atomic mass is 19.4. The standard InChI is InChI=1S/C22H19F3N6O2/c23-22(24,25)14-6-7-27-17(8-14)33-21-18-19(26)28-12-29-20(18)31(30-21)15-9-16(10-15)32-11-13-4-2-1-3-5-13/h1-8,12,15-16H,9-11H2,(H2,26,28,29). The molecule has 170 valence electrons. The minimum atomic E-state index is -4.52. The third-order valence-corrected chi connectivity index (χ3v) is 5.49. The maximum Gasteiger partial charge on any atom is 0.416 e. The van der Waals surface area contributed by atoms with Gasteiger partial charge >= 0.3 is 6.18 Å². The molecule has 2 N–H and O–H groups in total. The number of nitrogens with two attached hydrogens (primary N) is 1. The van der Waals surface area contributed by atoms with Crippen LogP contribution >= 0.6 is 0 Å². The minimum absolute atomic E-state index is 0.00331. The number of nitrogen functional groups attached to an aromatic ring is 1. The molecule has 0 saturated heterocycles. The molecular formula is C22H19F3N6O2. The molecule has 33 heavy (non-hydrogen) atoms. The first kappa shape index (κ1) is 21.1. The molecule has 1 aliphatic rings. The van der Waals surface area contributed by atoms with Gasteiger partial charge in [0, 0.05) is 12.3 Å². The zero-order chi connectivity index (χ0) is 23.0. The van der Waals surface area contributed by atoms with Crippen LogP contribution in [0.25, 0.3) is 11.0 Å². The fourth-order valence-electron chi connectivity index (χ4n) is 3.69. The SMILES string of the molecule is Nc1ncnc2c1c(Oc1cc(C(F)(F)F)ccn1)nn2C1CC(OCc2ccccc2)C1. The van der Waals surface area contributed by atoms with Gasteiger partial charge in [0.2, 0.25) is 5.88 Å². The first-order chi connectivity index (χ1) is 15.9. The summed E-state index contributed by atoms with van der Waals surface area (Å²) in [6.45, 7) is 0.517. The largest absolute Gasteiger partial charge is 0.418 e. The highest BCUT2D eigenvalue weighted by Crippen LogP contribution is 2.40. The van der Waals surface area contributed by atoms with Crippen LogP contribution in [0.2, 0.25) is 0 Å². The molecule has 8 nitrogen and oxygen atoms in total. The summed E-state index contributed by atoms with van der Waals surface area (Å²) < 4.78 is 52.3. The summed E-state index contributed by atoms with van der Waals surface area (Å²) in [5, 5.41) is 4.77. The van der Waals surface area contributed by atoms with Crippen LogP contribution in [-0.2, 0) is 17.5 Å². The van der Waals surface area contributed by atoms with Crippen molar-refractivity contribution in [3.05, 3.63) is 66.1 Å². The molecule has 1 fully saturated rings. The number of aromatic nitrogens is 5. The van der Waals surface area contributed by atoms with Crippen LogP contribution < -0.4 is 10.5 Å². The Morgan fingerprint density at radius 1 is 1.06 bits per heavy atom. The number of pyridine rings is 1. The van der Waals surface area contributed by atoms with Crippen molar-refractivity contribution in [2.45, 2.75) is 37.8 Å². The number of benzene rings is 1. The van der Waals surface area contributed by atoms with Gasteiger partial charge in [-0.3, -0.25) is 0 Å². The van der Waals surface area contributed by atoms with Gasteiger partial charge in [-0.25, -0.2) is 19.6 Å². The van der Waals surface area contributed by atoms with Gasteiger partial charge in [0.15, 0.2) is 5.65 Å². The smallest absolute Gasteiger partial charge is 0.416 e. The van der Waals surface area contributed by atoms with Crippen LogP contribution in [0.1, 0.15) is 30.0 Å². The molecule has 1 aromatic carbocycles. The van der Waals surface area contributed by atoms with Crippen molar-refractivity contribution < 1.29 is 22.6 Å². The predicted octanol–water partition coefficient (Wildman–Crippen LogP) is 4.53. The van der Waals surface area contributed by atoms with Crippen LogP contribution in [-0.4, -0.2) is 30.8 Å². The summed E-state index contributed by atoms with van der Waals surface area (Å²) in [4.78, 5) is 12.1. The lowest BCUT2D eigenvalue weighted by Crippen LogP contribution is -2.34. The zero-order valence-corrected chi connectivity index (χ0v) is 17.2. The highest BCUT2D eigenvalue weighted by molar-refractivity contribution is 5.90. The van der Waals surface area contributed by atoms with Gasteiger partial charge in [-0.15, -0.1) is 5.10 Å². The van der Waals surface area contributed by atoms with E-state index in [4.69, 9.17) is 15.2 Å². The fraction of sp³-hybridized carbons (Fsp3) is 0.273. The Balaban J connectivity index is 1.36. The van der Waals surface area contributed by atoms with Crippen LogP contribution in [0.15, 0.2) is 55.0 Å². The van der Waals surface area contributed by atoms with Crippen molar-refractivity contribution in [2.24, 2.45) is 0 Å². The average Bonchev–Trinajstić information content (AvgIpc) is 3.12. The second-order valence-electron chi connectivity index (χ2n) is 7.73. The molecule has 0 spiro atoms. The number of hydrogen-bond donors (Lipinski definition) is 1. The summed E-state index contributed by atoms with van der Waals surface area (Å²) in [7, 11) is 0. The molecule has 4 aromatic rings. The number of rotatable bonds is 6. The number of alkyl halides is 3. The molecule has 0 unspecified atom stereocenters. The van der Waals surface area contributed by atoms with Gasteiger partial charge in [0.25, 0.3) is 5.88 Å². The summed E-state index contributed by atoms with van der Waals surface area (Å²) in [5.74, 6) is -0.134. The van der Waals surface area contributed by atoms with E-state index >= 15 is 0 Å². The zero-order valence-electron chi connectivity index (χ0n) is 17.2. The van der Waals surface area contributed by atoms with Gasteiger partial charge in [-0.2, -0.15) is 13.2 Å². The lowest BCUT2D eigenvalue weighted by Gasteiger charge is -2.35. The second kappa shape index (κ2) is 8.32. The van der Waals surface area contributed by atoms with Crippen molar-refractivity contribution in [3.63, 3.8) is 0 Å². The van der Waals surface area contributed by atoms with Crippen molar-refractivity contribution in [1.82, 2.24) is 24.7 Å². The summed E-state index contributed by atoms with van der Waals surface area (Å²) in [6, 6.07) is 11.5. The quantitative estimate of drug-likeness (QED) is 0.455. The maximum atomic E-state index is 13.0. The number of halogens is 3. The second-order valence-corrected chi connectivity index (χ2v) is 7.73. The Bertz CT molecular complexity index is 1270. The van der Waals surface area contributed by atoms with Gasteiger partial charge in [-0.1, -0.05) is 30.3 Å². The van der Waals surface area contributed by atoms with Crippen LogP contribution in [0.3, 0.4) is 0 Å². The van der Waals surface area contributed by atoms with Crippen LogP contribution in [0.5, 0.6) is 11.8 Å². The van der Waals surface area contributed by atoms with E-state index in [9.17, 15) is 13.2 Å². The summed E-state index contributed by atoms with van der Waals surface area (Å²) >= 11 is 0. The van der Waals surface area contributed by atoms with E-state index in [0.717, 1.165) is 23.9 Å². The van der Waals surface area contributed by atoms with E-state index in [1.807, 2.05) is 30.3 Å². The molecule has 3 aromatic heterocycles. The highest BCUT2D eigenvalue weighted by Gasteiger charge is 2.35. The first-order valence-electron chi connectivity index (χ1n) is 10.2. The first-order valence-corrected chi connectivity index (χ1v) is 10.2. The molecule has 5 rings (SSSR count). The van der Waals surface area contributed by atoms with Crippen LogP contribution in [0.4, 0.5) is 19.0 Å². The lowest BCUT2D eigenvalue weighted by atomic mass is 9.89. The van der Waals surface area contributed by atoms with Gasteiger partial charge in [0.05, 0.1) is 24.3 Å². The number of hydrogen-bond acceptors (Lipinski definition) is 7. The third kappa shape index (κ3) is 4.31.